The number of hydrogen-bond donors (Lipinski definition) is 0. The van der Waals surface area contributed by atoms with E-state index in [1.54, 1.807) is 12.0 Å². The van der Waals surface area contributed by atoms with Crippen LogP contribution in [0.25, 0.3) is 0 Å². The molecule has 2 amide bonds. The van der Waals surface area contributed by atoms with Crippen LogP contribution in [0.2, 0.25) is 0 Å². The van der Waals surface area contributed by atoms with Crippen molar-refractivity contribution in [3.63, 3.8) is 0 Å². The van der Waals surface area contributed by atoms with Crippen molar-refractivity contribution in [2.24, 2.45) is 0 Å². The largest absolute Gasteiger partial charge is 0.383 e. The van der Waals surface area contributed by atoms with E-state index in [1.807, 2.05) is 4.90 Å². The van der Waals surface area contributed by atoms with Gasteiger partial charge in [-0.2, -0.15) is 0 Å². The first-order valence-electron chi connectivity index (χ1n) is 8.77. The molecule has 6 heteroatoms. The monoisotopic (exact) mass is 347 g/mol. The lowest BCUT2D eigenvalue weighted by molar-refractivity contribution is -0.140. The maximum Gasteiger partial charge on any atom is 0.242 e. The summed E-state index contributed by atoms with van der Waals surface area (Å²) >= 11 is 0. The van der Waals surface area contributed by atoms with Gasteiger partial charge >= 0.3 is 0 Å². The maximum atomic E-state index is 12.5. The summed E-state index contributed by atoms with van der Waals surface area (Å²) in [5.41, 5.74) is 3.83. The molecule has 0 atom stereocenters. The molecule has 1 heterocycles. The van der Waals surface area contributed by atoms with Crippen LogP contribution in [0.4, 0.5) is 5.69 Å². The normalized spacial score (nSPS) is 14.6. The number of piperazine rings is 1. The quantitative estimate of drug-likeness (QED) is 0.782. The van der Waals surface area contributed by atoms with Crippen molar-refractivity contribution in [3.8, 4) is 0 Å². The van der Waals surface area contributed by atoms with Crippen LogP contribution in [-0.4, -0.2) is 74.6 Å². The first kappa shape index (κ1) is 19.2. The molecule has 1 aliphatic heterocycles. The van der Waals surface area contributed by atoms with E-state index in [1.165, 1.54) is 23.7 Å². The highest BCUT2D eigenvalue weighted by Crippen LogP contribution is 2.23. The van der Waals surface area contributed by atoms with Gasteiger partial charge in [0.25, 0.3) is 0 Å². The summed E-state index contributed by atoms with van der Waals surface area (Å²) in [5, 5.41) is 0. The van der Waals surface area contributed by atoms with Crippen LogP contribution >= 0.6 is 0 Å². The highest BCUT2D eigenvalue weighted by Gasteiger charge is 2.24. The highest BCUT2D eigenvalue weighted by molar-refractivity contribution is 5.84. The summed E-state index contributed by atoms with van der Waals surface area (Å²) in [6.07, 6.45) is 0. The Balaban J connectivity index is 1.91. The zero-order chi connectivity index (χ0) is 18.4. The zero-order valence-electron chi connectivity index (χ0n) is 15.7. The van der Waals surface area contributed by atoms with E-state index >= 15 is 0 Å². The second-order valence-corrected chi connectivity index (χ2v) is 6.52. The predicted octanol–water partition coefficient (Wildman–Crippen LogP) is 1.45. The molecule has 0 aromatic heterocycles. The van der Waals surface area contributed by atoms with E-state index in [0.29, 0.717) is 26.2 Å². The summed E-state index contributed by atoms with van der Waals surface area (Å²) in [7, 11) is 1.59. The van der Waals surface area contributed by atoms with Crippen LogP contribution < -0.4 is 4.90 Å². The average Bonchev–Trinajstić information content (AvgIpc) is 2.60. The van der Waals surface area contributed by atoms with Crippen LogP contribution in [0.5, 0.6) is 0 Å². The first-order valence-corrected chi connectivity index (χ1v) is 8.77. The Morgan fingerprint density at radius 3 is 2.44 bits per heavy atom. The average molecular weight is 347 g/mol. The minimum Gasteiger partial charge on any atom is -0.383 e. The van der Waals surface area contributed by atoms with Gasteiger partial charge in [-0.05, 0) is 31.0 Å². The van der Waals surface area contributed by atoms with Gasteiger partial charge in [0, 0.05) is 52.4 Å². The number of methoxy groups -OCH3 is 1. The smallest absolute Gasteiger partial charge is 0.242 e. The molecule has 2 rings (SSSR count). The predicted molar refractivity (Wildman–Crippen MR) is 98.8 cm³/mol. The number of carbonyl (C=O) groups excluding carboxylic acids is 2. The zero-order valence-corrected chi connectivity index (χ0v) is 15.7. The number of carbonyl (C=O) groups is 2. The fourth-order valence-corrected chi connectivity index (χ4v) is 3.09. The molecule has 1 fully saturated rings. The second-order valence-electron chi connectivity index (χ2n) is 6.52. The summed E-state index contributed by atoms with van der Waals surface area (Å²) in [5.74, 6) is -0.0914. The fraction of sp³-hybridized carbons (Fsp3) is 0.579. The van der Waals surface area contributed by atoms with Crippen LogP contribution in [0, 0.1) is 13.8 Å². The number of aryl methyl sites for hydroxylation is 1. The number of anilines is 1. The molecule has 0 N–H and O–H groups in total. The fourth-order valence-electron chi connectivity index (χ4n) is 3.09. The van der Waals surface area contributed by atoms with Gasteiger partial charge < -0.3 is 19.4 Å². The van der Waals surface area contributed by atoms with Crippen molar-refractivity contribution in [1.82, 2.24) is 9.80 Å². The number of benzene rings is 1. The topological polar surface area (TPSA) is 53.1 Å². The summed E-state index contributed by atoms with van der Waals surface area (Å²) in [4.78, 5) is 29.9. The second kappa shape index (κ2) is 8.85. The Morgan fingerprint density at radius 2 is 1.84 bits per heavy atom. The summed E-state index contributed by atoms with van der Waals surface area (Å²) in [6, 6.07) is 6.34. The van der Waals surface area contributed by atoms with E-state index in [-0.39, 0.29) is 18.4 Å². The third-order valence-electron chi connectivity index (χ3n) is 4.89. The lowest BCUT2D eigenvalue weighted by Gasteiger charge is -2.37. The van der Waals surface area contributed by atoms with Gasteiger partial charge in [-0.3, -0.25) is 9.59 Å². The molecule has 1 aliphatic rings. The van der Waals surface area contributed by atoms with Crippen LogP contribution in [-0.2, 0) is 14.3 Å². The van der Waals surface area contributed by atoms with Gasteiger partial charge in [0.1, 0.15) is 0 Å². The molecule has 0 unspecified atom stereocenters. The van der Waals surface area contributed by atoms with Crippen LogP contribution in [0.3, 0.4) is 0 Å². The Bertz CT molecular complexity index is 610. The van der Waals surface area contributed by atoms with Crippen molar-refractivity contribution >= 4 is 17.5 Å². The molecule has 0 radical (unpaired) electrons. The highest BCUT2D eigenvalue weighted by atomic mass is 16.5. The molecular weight excluding hydrogens is 318 g/mol. The number of amides is 2. The van der Waals surface area contributed by atoms with E-state index in [2.05, 4.69) is 36.9 Å². The number of hydrogen-bond acceptors (Lipinski definition) is 4. The Kier molecular flexibility index (Phi) is 6.82. The van der Waals surface area contributed by atoms with Gasteiger partial charge in [0.05, 0.1) is 13.2 Å². The Labute approximate surface area is 150 Å². The third kappa shape index (κ3) is 4.95. The molecule has 0 aliphatic carbocycles. The Hall–Kier alpha value is -2.08. The maximum absolute atomic E-state index is 12.5. The summed E-state index contributed by atoms with van der Waals surface area (Å²) < 4.78 is 5.01. The molecule has 0 saturated carbocycles. The number of rotatable bonds is 6. The number of nitrogens with zero attached hydrogens (tertiary/aromatic N) is 3. The Morgan fingerprint density at radius 1 is 1.16 bits per heavy atom. The van der Waals surface area contributed by atoms with Crippen molar-refractivity contribution in [1.29, 1.82) is 0 Å². The molecule has 6 nitrogen and oxygen atoms in total. The molecule has 0 spiro atoms. The minimum absolute atomic E-state index is 0.00640. The van der Waals surface area contributed by atoms with Crippen molar-refractivity contribution in [3.05, 3.63) is 29.3 Å². The van der Waals surface area contributed by atoms with E-state index in [9.17, 15) is 9.59 Å². The van der Waals surface area contributed by atoms with Crippen molar-refractivity contribution in [2.75, 3.05) is 57.9 Å². The van der Waals surface area contributed by atoms with Crippen molar-refractivity contribution in [2.45, 2.75) is 20.8 Å². The van der Waals surface area contributed by atoms with Gasteiger partial charge in [-0.25, -0.2) is 0 Å². The standard InChI is InChI=1S/C19H29N3O3/c1-15-6-5-7-18(16(15)2)20-8-10-21(11-9-20)19(24)14-22(17(3)23)12-13-25-4/h5-7H,8-14H2,1-4H3. The molecule has 1 aromatic carbocycles. The minimum atomic E-state index is -0.0978. The molecule has 138 valence electrons. The van der Waals surface area contributed by atoms with Gasteiger partial charge in [-0.1, -0.05) is 12.1 Å². The van der Waals surface area contributed by atoms with Crippen LogP contribution in [0.1, 0.15) is 18.1 Å². The molecule has 25 heavy (non-hydrogen) atoms. The molecular formula is C19H29N3O3. The molecule has 0 bridgehead atoms. The number of ether oxygens (including phenoxy) is 1. The van der Waals surface area contributed by atoms with Gasteiger partial charge in [-0.15, -0.1) is 0 Å². The van der Waals surface area contributed by atoms with Crippen LogP contribution in [0.15, 0.2) is 18.2 Å². The van der Waals surface area contributed by atoms with E-state index < -0.39 is 0 Å². The third-order valence-corrected chi connectivity index (χ3v) is 4.89. The molecule has 1 aromatic rings. The van der Waals surface area contributed by atoms with Crippen molar-refractivity contribution < 1.29 is 14.3 Å². The SMILES string of the molecule is COCCN(CC(=O)N1CCN(c2cccc(C)c2C)CC1)C(C)=O. The lowest BCUT2D eigenvalue weighted by atomic mass is 10.1. The van der Waals surface area contributed by atoms with E-state index in [0.717, 1.165) is 13.1 Å². The molecule has 1 saturated heterocycles. The van der Waals surface area contributed by atoms with Gasteiger partial charge in [0.15, 0.2) is 0 Å². The van der Waals surface area contributed by atoms with Gasteiger partial charge in [0.2, 0.25) is 11.8 Å². The lowest BCUT2D eigenvalue weighted by Crippen LogP contribution is -2.52. The summed E-state index contributed by atoms with van der Waals surface area (Å²) in [6.45, 7) is 9.75. The first-order chi connectivity index (χ1) is 11.9. The van der Waals surface area contributed by atoms with E-state index in [4.69, 9.17) is 4.74 Å².